The lowest BCUT2D eigenvalue weighted by Gasteiger charge is -2.40. The van der Waals surface area contributed by atoms with Crippen molar-refractivity contribution >= 4 is 23.4 Å². The molecule has 9 nitrogen and oxygen atoms in total. The summed E-state index contributed by atoms with van der Waals surface area (Å²) >= 11 is 0. The first-order valence-corrected chi connectivity index (χ1v) is 16.1. The number of benzene rings is 2. The fourth-order valence-electron chi connectivity index (χ4n) is 7.71. The molecule has 2 saturated heterocycles. The molecule has 0 radical (unpaired) electrons. The fraction of sp³-hybridized carbons (Fsp3) is 0.472. The van der Waals surface area contributed by atoms with Gasteiger partial charge in [-0.3, -0.25) is 14.4 Å². The number of likely N-dealkylation sites (tertiary alicyclic amines) is 1. The van der Waals surface area contributed by atoms with Gasteiger partial charge in [-0.15, -0.1) is 0 Å². The number of nitrogens with zero attached hydrogens (tertiary/aromatic N) is 3. The summed E-state index contributed by atoms with van der Waals surface area (Å²) < 4.78 is 12.6. The number of fused-ring (bicyclic) bond motifs is 2. The van der Waals surface area contributed by atoms with Crippen LogP contribution >= 0.6 is 0 Å². The Kier molecular flexibility index (Phi) is 8.59. The van der Waals surface area contributed by atoms with E-state index in [1.54, 1.807) is 14.7 Å². The largest absolute Gasteiger partial charge is 0.494 e. The van der Waals surface area contributed by atoms with Crippen molar-refractivity contribution in [1.82, 2.24) is 9.80 Å². The standard InChI is InChI=1S/C36H43N3O6/c1-4-6-20-37-21-11-19-36-30(33(42)39(31(36)34(37)43)27(24-40)23-25-12-8-7-9-13-25)29-32(41)38(22-10-18-35(29,3)45-36)26-14-16-28(17-15-26)44-5-2/h7-19,27,29-31,40H,4-6,20-24H2,1-3H3/t27-,29-,30+,31?,35+,36+/m1/s1. The van der Waals surface area contributed by atoms with Gasteiger partial charge in [-0.1, -0.05) is 68.0 Å². The van der Waals surface area contributed by atoms with Gasteiger partial charge in [0.05, 0.1) is 36.7 Å². The summed E-state index contributed by atoms with van der Waals surface area (Å²) in [4.78, 5) is 49.0. The molecule has 2 fully saturated rings. The number of hydrogen-bond acceptors (Lipinski definition) is 6. The van der Waals surface area contributed by atoms with Crippen molar-refractivity contribution in [2.24, 2.45) is 11.8 Å². The molecule has 2 aromatic carbocycles. The van der Waals surface area contributed by atoms with E-state index < -0.39 is 35.1 Å². The Morgan fingerprint density at radius 3 is 2.36 bits per heavy atom. The number of carbonyl (C=O) groups is 3. The Morgan fingerprint density at radius 2 is 1.67 bits per heavy atom. The minimum Gasteiger partial charge on any atom is -0.494 e. The average molecular weight is 614 g/mol. The first-order valence-electron chi connectivity index (χ1n) is 16.1. The SMILES string of the molecule is CCCCN1CC=C[C@]23O[C@@]4(C)C=CCN(c5ccc(OCC)cc5)C(=O)[C@H]4[C@H]2C(=O)N([C@@H](CO)Cc2ccccc2)C3C1=O. The Balaban J connectivity index is 1.44. The van der Waals surface area contributed by atoms with Gasteiger partial charge in [0.2, 0.25) is 17.7 Å². The van der Waals surface area contributed by atoms with Crippen molar-refractivity contribution in [3.63, 3.8) is 0 Å². The van der Waals surface area contributed by atoms with Crippen LogP contribution < -0.4 is 9.64 Å². The lowest BCUT2D eigenvalue weighted by atomic mass is 9.74. The fourth-order valence-corrected chi connectivity index (χ4v) is 7.71. The van der Waals surface area contributed by atoms with Crippen LogP contribution in [0.4, 0.5) is 5.69 Å². The second-order valence-electron chi connectivity index (χ2n) is 12.6. The van der Waals surface area contributed by atoms with E-state index >= 15 is 0 Å². The van der Waals surface area contributed by atoms with Gasteiger partial charge in [-0.05, 0) is 56.5 Å². The minimum atomic E-state index is -1.37. The Labute approximate surface area is 265 Å². The number of unbranched alkanes of at least 4 members (excludes halogenated alkanes) is 1. The lowest BCUT2D eigenvalue weighted by molar-refractivity contribution is -0.154. The Hall–Kier alpha value is -3.95. The van der Waals surface area contributed by atoms with Crippen molar-refractivity contribution in [3.8, 4) is 5.75 Å². The van der Waals surface area contributed by atoms with Crippen LogP contribution in [0.1, 0.15) is 39.2 Å². The van der Waals surface area contributed by atoms with Gasteiger partial charge < -0.3 is 29.3 Å². The van der Waals surface area contributed by atoms with Crippen LogP contribution in [0.2, 0.25) is 0 Å². The number of carbonyl (C=O) groups excluding carboxylic acids is 3. The average Bonchev–Trinajstić information content (AvgIpc) is 3.32. The lowest BCUT2D eigenvalue weighted by Crippen LogP contribution is -2.59. The summed E-state index contributed by atoms with van der Waals surface area (Å²) in [6, 6.07) is 15.3. The molecule has 1 spiro atoms. The summed E-state index contributed by atoms with van der Waals surface area (Å²) in [5.74, 6) is -1.92. The molecule has 9 heteroatoms. The van der Waals surface area contributed by atoms with E-state index in [1.165, 1.54) is 0 Å². The van der Waals surface area contributed by atoms with Crippen LogP contribution in [-0.2, 0) is 25.5 Å². The van der Waals surface area contributed by atoms with Crippen LogP contribution in [0.5, 0.6) is 5.75 Å². The van der Waals surface area contributed by atoms with Crippen LogP contribution in [0.25, 0.3) is 0 Å². The van der Waals surface area contributed by atoms with Crippen LogP contribution in [0, 0.1) is 11.8 Å². The third-order valence-corrected chi connectivity index (χ3v) is 9.74. The minimum absolute atomic E-state index is 0.212. The molecule has 45 heavy (non-hydrogen) atoms. The molecule has 238 valence electrons. The van der Waals surface area contributed by atoms with E-state index in [0.29, 0.717) is 44.1 Å². The summed E-state index contributed by atoms with van der Waals surface area (Å²) in [6.07, 6.45) is 9.67. The summed E-state index contributed by atoms with van der Waals surface area (Å²) in [6.45, 7) is 7.29. The van der Waals surface area contributed by atoms with E-state index in [1.807, 2.05) is 92.7 Å². The van der Waals surface area contributed by atoms with Crippen LogP contribution in [0.15, 0.2) is 78.9 Å². The number of hydrogen-bond donors (Lipinski definition) is 1. The predicted octanol–water partition coefficient (Wildman–Crippen LogP) is 3.76. The zero-order chi connectivity index (χ0) is 31.8. The Bertz CT molecular complexity index is 1480. The molecule has 0 aliphatic carbocycles. The second kappa shape index (κ2) is 12.4. The molecule has 6 atom stereocenters. The maximum atomic E-state index is 14.9. The molecular weight excluding hydrogens is 570 g/mol. The van der Waals surface area contributed by atoms with E-state index in [2.05, 4.69) is 6.92 Å². The van der Waals surface area contributed by atoms with Gasteiger partial charge in [-0.25, -0.2) is 0 Å². The number of anilines is 1. The molecular formula is C36H43N3O6. The zero-order valence-corrected chi connectivity index (χ0v) is 26.3. The predicted molar refractivity (Wildman–Crippen MR) is 171 cm³/mol. The van der Waals surface area contributed by atoms with Crippen LogP contribution in [0.3, 0.4) is 0 Å². The molecule has 0 aromatic heterocycles. The molecule has 4 heterocycles. The number of amides is 3. The van der Waals surface area contributed by atoms with Gasteiger partial charge in [0.15, 0.2) is 0 Å². The molecule has 4 aliphatic heterocycles. The molecule has 1 unspecified atom stereocenters. The summed E-state index contributed by atoms with van der Waals surface area (Å²) in [7, 11) is 0. The third-order valence-electron chi connectivity index (χ3n) is 9.74. The maximum Gasteiger partial charge on any atom is 0.249 e. The normalized spacial score (nSPS) is 29.7. The van der Waals surface area contributed by atoms with Crippen molar-refractivity contribution in [2.75, 3.05) is 37.7 Å². The Morgan fingerprint density at radius 1 is 0.933 bits per heavy atom. The van der Waals surface area contributed by atoms with Crippen LogP contribution in [-0.4, -0.2) is 88.8 Å². The van der Waals surface area contributed by atoms with Gasteiger partial charge in [0.1, 0.15) is 17.4 Å². The van der Waals surface area contributed by atoms with Crippen molar-refractivity contribution in [2.45, 2.75) is 63.3 Å². The topological polar surface area (TPSA) is 99.6 Å². The van der Waals surface area contributed by atoms with E-state index in [0.717, 1.165) is 18.4 Å². The molecule has 0 saturated carbocycles. The van der Waals surface area contributed by atoms with Gasteiger partial charge in [-0.2, -0.15) is 0 Å². The summed E-state index contributed by atoms with van der Waals surface area (Å²) in [5.41, 5.74) is -0.872. The maximum absolute atomic E-state index is 14.9. The number of rotatable bonds is 10. The molecule has 1 N–H and O–H groups in total. The number of aliphatic hydroxyl groups is 1. The highest BCUT2D eigenvalue weighted by Gasteiger charge is 2.75. The third kappa shape index (κ3) is 5.25. The monoisotopic (exact) mass is 613 g/mol. The molecule has 2 aromatic rings. The van der Waals surface area contributed by atoms with Crippen molar-refractivity contribution in [1.29, 1.82) is 0 Å². The van der Waals surface area contributed by atoms with E-state index in [4.69, 9.17) is 9.47 Å². The molecule has 3 amide bonds. The number of ether oxygens (including phenoxy) is 2. The highest BCUT2D eigenvalue weighted by Crippen LogP contribution is 2.58. The first kappa shape index (κ1) is 31.0. The second-order valence-corrected chi connectivity index (χ2v) is 12.6. The van der Waals surface area contributed by atoms with Gasteiger partial charge in [0, 0.05) is 25.3 Å². The molecule has 6 rings (SSSR count). The van der Waals surface area contributed by atoms with Crippen molar-refractivity contribution < 1.29 is 29.0 Å². The first-order chi connectivity index (χ1) is 21.8. The highest BCUT2D eigenvalue weighted by atomic mass is 16.5. The molecule has 0 bridgehead atoms. The quantitative estimate of drug-likeness (QED) is 0.410. The zero-order valence-electron chi connectivity index (χ0n) is 26.3. The molecule has 4 aliphatic rings. The smallest absolute Gasteiger partial charge is 0.249 e. The summed E-state index contributed by atoms with van der Waals surface area (Å²) in [5, 5.41) is 10.7. The van der Waals surface area contributed by atoms with Gasteiger partial charge >= 0.3 is 0 Å². The van der Waals surface area contributed by atoms with E-state index in [9.17, 15) is 19.5 Å². The van der Waals surface area contributed by atoms with Crippen molar-refractivity contribution in [3.05, 3.63) is 84.5 Å². The van der Waals surface area contributed by atoms with Gasteiger partial charge in [0.25, 0.3) is 0 Å². The van der Waals surface area contributed by atoms with E-state index in [-0.39, 0.29) is 24.3 Å². The highest BCUT2D eigenvalue weighted by molar-refractivity contribution is 6.04. The number of aliphatic hydroxyl groups excluding tert-OH is 1.